The Morgan fingerprint density at radius 2 is 1.75 bits per heavy atom. The van der Waals surface area contributed by atoms with Gasteiger partial charge in [-0.2, -0.15) is 0 Å². The van der Waals surface area contributed by atoms with Gasteiger partial charge in [-0.25, -0.2) is 4.79 Å². The summed E-state index contributed by atoms with van der Waals surface area (Å²) in [7, 11) is 3.22. The van der Waals surface area contributed by atoms with Crippen molar-refractivity contribution >= 4 is 11.9 Å². The molecular weight excluding hydrogens is 408 g/mol. The number of hydrogen-bond donors (Lipinski definition) is 0. The standard InChI is InChI=1S/C24H30N4O4/c1-31-15-14-28-23(30)27(18-20-4-3-5-21(16-20)32-2)22(29)24(28)8-12-26(13-9-24)17-19-6-10-25-11-7-19/h3-7,10-11,16H,8-9,12-15,17-18H2,1-2H3. The number of likely N-dealkylation sites (tertiary alicyclic amines) is 1. The Morgan fingerprint density at radius 1 is 1.00 bits per heavy atom. The molecular formula is C24H30N4O4. The maximum absolute atomic E-state index is 13.7. The second-order valence-corrected chi connectivity index (χ2v) is 8.33. The lowest BCUT2D eigenvalue weighted by atomic mass is 9.85. The van der Waals surface area contributed by atoms with Gasteiger partial charge in [-0.15, -0.1) is 0 Å². The highest BCUT2D eigenvalue weighted by Gasteiger charge is 2.57. The molecule has 3 amide bonds. The Morgan fingerprint density at radius 3 is 2.44 bits per heavy atom. The van der Waals surface area contributed by atoms with Crippen LogP contribution in [0, 0.1) is 0 Å². The van der Waals surface area contributed by atoms with E-state index in [2.05, 4.69) is 9.88 Å². The maximum atomic E-state index is 13.7. The van der Waals surface area contributed by atoms with Crippen molar-refractivity contribution in [1.82, 2.24) is 19.7 Å². The number of pyridine rings is 1. The molecule has 8 heteroatoms. The van der Waals surface area contributed by atoms with Gasteiger partial charge in [-0.05, 0) is 48.2 Å². The molecule has 4 rings (SSSR count). The van der Waals surface area contributed by atoms with Crippen LogP contribution in [-0.4, -0.2) is 77.6 Å². The largest absolute Gasteiger partial charge is 0.497 e. The molecule has 32 heavy (non-hydrogen) atoms. The van der Waals surface area contributed by atoms with E-state index in [1.807, 2.05) is 36.4 Å². The third-order valence-corrected chi connectivity index (χ3v) is 6.45. The summed E-state index contributed by atoms with van der Waals surface area (Å²) in [5, 5.41) is 0. The Kier molecular flexibility index (Phi) is 6.72. The number of hydrogen-bond acceptors (Lipinski definition) is 6. The number of amides is 3. The van der Waals surface area contributed by atoms with Crippen LogP contribution in [0.4, 0.5) is 4.79 Å². The van der Waals surface area contributed by atoms with Crippen molar-refractivity contribution in [2.45, 2.75) is 31.5 Å². The fourth-order valence-corrected chi connectivity index (χ4v) is 4.68. The normalized spacial score (nSPS) is 18.6. The molecule has 170 valence electrons. The fraction of sp³-hybridized carbons (Fsp3) is 0.458. The van der Waals surface area contributed by atoms with Crippen LogP contribution < -0.4 is 4.74 Å². The maximum Gasteiger partial charge on any atom is 0.328 e. The summed E-state index contributed by atoms with van der Waals surface area (Å²) in [6.45, 7) is 3.34. The predicted octanol–water partition coefficient (Wildman–Crippen LogP) is 2.54. The molecule has 0 radical (unpaired) electrons. The zero-order chi connectivity index (χ0) is 22.6. The molecule has 0 N–H and O–H groups in total. The zero-order valence-electron chi connectivity index (χ0n) is 18.7. The van der Waals surface area contributed by atoms with Gasteiger partial charge < -0.3 is 14.4 Å². The fourth-order valence-electron chi connectivity index (χ4n) is 4.68. The zero-order valence-corrected chi connectivity index (χ0v) is 18.7. The topological polar surface area (TPSA) is 75.2 Å². The Balaban J connectivity index is 1.51. The molecule has 2 saturated heterocycles. The lowest BCUT2D eigenvalue weighted by Crippen LogP contribution is -2.57. The number of carbonyl (C=O) groups is 2. The highest BCUT2D eigenvalue weighted by atomic mass is 16.5. The number of nitrogens with zero attached hydrogens (tertiary/aromatic N) is 4. The first-order chi connectivity index (χ1) is 15.6. The summed E-state index contributed by atoms with van der Waals surface area (Å²) in [5.41, 5.74) is 1.26. The van der Waals surface area contributed by atoms with Crippen LogP contribution in [0.15, 0.2) is 48.8 Å². The molecule has 0 aliphatic carbocycles. The van der Waals surface area contributed by atoms with E-state index in [1.54, 1.807) is 31.5 Å². The number of ether oxygens (including phenoxy) is 2. The Bertz CT molecular complexity index is 944. The first-order valence-electron chi connectivity index (χ1n) is 10.9. The van der Waals surface area contributed by atoms with Crippen LogP contribution in [0.25, 0.3) is 0 Å². The second-order valence-electron chi connectivity index (χ2n) is 8.33. The quantitative estimate of drug-likeness (QED) is 0.590. The van der Waals surface area contributed by atoms with Crippen LogP contribution in [0.3, 0.4) is 0 Å². The average molecular weight is 439 g/mol. The number of imide groups is 1. The molecule has 0 saturated carbocycles. The first kappa shape index (κ1) is 22.2. The van der Waals surface area contributed by atoms with E-state index < -0.39 is 5.54 Å². The van der Waals surface area contributed by atoms with E-state index in [-0.39, 0.29) is 18.5 Å². The summed E-state index contributed by atoms with van der Waals surface area (Å²) in [6.07, 6.45) is 4.81. The van der Waals surface area contributed by atoms with Crippen molar-refractivity contribution in [1.29, 1.82) is 0 Å². The van der Waals surface area contributed by atoms with Crippen molar-refractivity contribution in [3.05, 3.63) is 59.9 Å². The molecule has 0 unspecified atom stereocenters. The molecule has 1 aromatic carbocycles. The van der Waals surface area contributed by atoms with Gasteiger partial charge in [0.25, 0.3) is 5.91 Å². The Hall–Kier alpha value is -2.97. The number of carbonyl (C=O) groups excluding carboxylic acids is 2. The number of piperidine rings is 1. The second kappa shape index (κ2) is 9.67. The average Bonchev–Trinajstić information content (AvgIpc) is 3.01. The van der Waals surface area contributed by atoms with Crippen LogP contribution in [-0.2, 0) is 22.6 Å². The summed E-state index contributed by atoms with van der Waals surface area (Å²) in [4.78, 5) is 36.5. The number of aromatic nitrogens is 1. The molecule has 2 aliphatic heterocycles. The van der Waals surface area contributed by atoms with E-state index >= 15 is 0 Å². The van der Waals surface area contributed by atoms with Gasteiger partial charge in [-0.1, -0.05) is 12.1 Å². The van der Waals surface area contributed by atoms with Gasteiger partial charge >= 0.3 is 6.03 Å². The van der Waals surface area contributed by atoms with Crippen molar-refractivity contribution < 1.29 is 19.1 Å². The van der Waals surface area contributed by atoms with Crippen LogP contribution in [0.2, 0.25) is 0 Å². The number of benzene rings is 1. The monoisotopic (exact) mass is 438 g/mol. The summed E-state index contributed by atoms with van der Waals surface area (Å²) < 4.78 is 10.5. The van der Waals surface area contributed by atoms with Crippen molar-refractivity contribution in [2.75, 3.05) is 40.5 Å². The number of urea groups is 1. The third kappa shape index (κ3) is 4.33. The minimum atomic E-state index is -0.802. The highest BCUT2D eigenvalue weighted by molar-refractivity contribution is 6.07. The minimum absolute atomic E-state index is 0.106. The van der Waals surface area contributed by atoms with Gasteiger partial charge in [0, 0.05) is 45.7 Å². The molecule has 2 aliphatic rings. The lowest BCUT2D eigenvalue weighted by Gasteiger charge is -2.42. The molecule has 3 heterocycles. The molecule has 2 aromatic rings. The van der Waals surface area contributed by atoms with E-state index in [4.69, 9.17) is 9.47 Å². The first-order valence-corrected chi connectivity index (χ1v) is 10.9. The van der Waals surface area contributed by atoms with E-state index in [0.29, 0.717) is 31.7 Å². The van der Waals surface area contributed by atoms with Gasteiger partial charge in [0.05, 0.1) is 20.3 Å². The molecule has 2 fully saturated rings. The van der Waals surface area contributed by atoms with Crippen molar-refractivity contribution in [3.63, 3.8) is 0 Å². The van der Waals surface area contributed by atoms with Crippen molar-refractivity contribution in [3.8, 4) is 5.75 Å². The molecule has 1 aromatic heterocycles. The van der Waals surface area contributed by atoms with Gasteiger partial charge in [0.1, 0.15) is 11.3 Å². The molecule has 0 atom stereocenters. The predicted molar refractivity (Wildman–Crippen MR) is 119 cm³/mol. The van der Waals surface area contributed by atoms with Gasteiger partial charge in [-0.3, -0.25) is 19.6 Å². The lowest BCUT2D eigenvalue weighted by molar-refractivity contribution is -0.136. The minimum Gasteiger partial charge on any atom is -0.497 e. The van der Waals surface area contributed by atoms with Gasteiger partial charge in [0.15, 0.2) is 0 Å². The van der Waals surface area contributed by atoms with E-state index in [1.165, 1.54) is 10.5 Å². The Labute approximate surface area is 188 Å². The van der Waals surface area contributed by atoms with Crippen LogP contribution in [0.5, 0.6) is 5.75 Å². The van der Waals surface area contributed by atoms with Crippen molar-refractivity contribution in [2.24, 2.45) is 0 Å². The molecule has 8 nitrogen and oxygen atoms in total. The van der Waals surface area contributed by atoms with Crippen LogP contribution in [0.1, 0.15) is 24.0 Å². The van der Waals surface area contributed by atoms with E-state index in [9.17, 15) is 9.59 Å². The third-order valence-electron chi connectivity index (χ3n) is 6.45. The highest BCUT2D eigenvalue weighted by Crippen LogP contribution is 2.38. The van der Waals surface area contributed by atoms with Crippen LogP contribution >= 0.6 is 0 Å². The molecule has 1 spiro atoms. The summed E-state index contributed by atoms with van der Waals surface area (Å²) >= 11 is 0. The van der Waals surface area contributed by atoms with E-state index in [0.717, 1.165) is 25.2 Å². The molecule has 0 bridgehead atoms. The SMILES string of the molecule is COCCN1C(=O)N(Cc2cccc(OC)c2)C(=O)C12CCN(Cc1ccncc1)CC2. The summed E-state index contributed by atoms with van der Waals surface area (Å²) in [5.74, 6) is 0.599. The smallest absolute Gasteiger partial charge is 0.328 e. The number of rotatable bonds is 8. The number of methoxy groups -OCH3 is 2. The van der Waals surface area contributed by atoms with Gasteiger partial charge in [0.2, 0.25) is 0 Å². The summed E-state index contributed by atoms with van der Waals surface area (Å²) in [6, 6.07) is 11.3.